The highest BCUT2D eigenvalue weighted by Crippen LogP contribution is 2.42. The van der Waals surface area contributed by atoms with Crippen molar-refractivity contribution < 1.29 is 23.5 Å². The highest BCUT2D eigenvalue weighted by atomic mass is 16.5. The van der Waals surface area contributed by atoms with Gasteiger partial charge in [-0.2, -0.15) is 5.10 Å². The second-order valence-corrected chi connectivity index (χ2v) is 12.6. The van der Waals surface area contributed by atoms with E-state index >= 15 is 0 Å². The van der Waals surface area contributed by atoms with E-state index in [0.717, 1.165) is 42.5 Å². The monoisotopic (exact) mass is 627 g/mol. The summed E-state index contributed by atoms with van der Waals surface area (Å²) in [6, 6.07) is 17.3. The summed E-state index contributed by atoms with van der Waals surface area (Å²) in [5.74, 6) is 2.12. The van der Waals surface area contributed by atoms with Gasteiger partial charge in [-0.25, -0.2) is 4.98 Å². The van der Waals surface area contributed by atoms with Gasteiger partial charge in [0.25, 0.3) is 5.91 Å². The number of benzene rings is 2. The van der Waals surface area contributed by atoms with Crippen molar-refractivity contribution in [1.82, 2.24) is 25.4 Å². The lowest BCUT2D eigenvalue weighted by molar-refractivity contribution is -0.121. The number of nitrogens with zero attached hydrogens (tertiary/aromatic N) is 3. The third-order valence-electron chi connectivity index (χ3n) is 8.44. The molecule has 2 N–H and O–H groups in total. The molecule has 0 radical (unpaired) electrons. The maximum absolute atomic E-state index is 13.8. The Morgan fingerprint density at radius 2 is 1.80 bits per heavy atom. The third-order valence-corrected chi connectivity index (χ3v) is 8.44. The number of methoxy groups -OCH3 is 1. The van der Waals surface area contributed by atoms with Gasteiger partial charge in [0.15, 0.2) is 5.69 Å². The van der Waals surface area contributed by atoms with E-state index in [1.165, 1.54) is 12.5 Å². The lowest BCUT2D eigenvalue weighted by Crippen LogP contribution is -2.40. The number of ether oxygens (including phenoxy) is 2. The highest BCUT2D eigenvalue weighted by Gasteiger charge is 2.29. The van der Waals surface area contributed by atoms with E-state index in [-0.39, 0.29) is 42.8 Å². The molecule has 2 amide bonds. The van der Waals surface area contributed by atoms with Crippen LogP contribution in [0.15, 0.2) is 71.5 Å². The summed E-state index contributed by atoms with van der Waals surface area (Å²) in [4.78, 5) is 30.7. The summed E-state index contributed by atoms with van der Waals surface area (Å²) >= 11 is 0. The largest absolute Gasteiger partial charge is 0.496 e. The van der Waals surface area contributed by atoms with Crippen LogP contribution in [-0.2, 0) is 17.9 Å². The molecule has 1 atom stereocenters. The number of aromatic nitrogens is 3. The van der Waals surface area contributed by atoms with Gasteiger partial charge in [0.05, 0.1) is 37.2 Å². The van der Waals surface area contributed by atoms with E-state index in [0.29, 0.717) is 42.0 Å². The minimum atomic E-state index is -0.378. The first-order valence-corrected chi connectivity index (χ1v) is 16.2. The van der Waals surface area contributed by atoms with Crippen molar-refractivity contribution in [2.75, 3.05) is 7.11 Å². The first-order chi connectivity index (χ1) is 22.3. The quantitative estimate of drug-likeness (QED) is 0.159. The Kier molecular flexibility index (Phi) is 11.1. The molecule has 244 valence electrons. The first kappa shape index (κ1) is 32.8. The molecule has 0 spiro atoms. The molecule has 1 saturated carbocycles. The Morgan fingerprint density at radius 3 is 2.50 bits per heavy atom. The van der Waals surface area contributed by atoms with E-state index < -0.39 is 0 Å². The van der Waals surface area contributed by atoms with Gasteiger partial charge >= 0.3 is 0 Å². The number of carbonyl (C=O) groups is 2. The van der Waals surface area contributed by atoms with Crippen molar-refractivity contribution in [3.63, 3.8) is 0 Å². The number of rotatable bonds is 14. The van der Waals surface area contributed by atoms with Gasteiger partial charge < -0.3 is 24.5 Å². The summed E-state index contributed by atoms with van der Waals surface area (Å²) in [6.07, 6.45) is 7.88. The number of amides is 2. The smallest absolute Gasteiger partial charge is 0.272 e. The standard InChI is InChI=1S/C36H45N5O5/c1-24(2)19-27(20-33(42)38-22-34-37-17-18-45-34)39-36(43)29-21-30(41(40-29)28-15-13-25(3)14-16-28)35-31(44-4)11-8-12-32(35)46-23-26-9-6-5-7-10-26/h5-12,17-18,21,24-25,27-28H,13-16,19-20,22-23H2,1-4H3,(H,38,42)(H,39,43)/t25?,27-,28?/m0/s1. The lowest BCUT2D eigenvalue weighted by atomic mass is 9.87. The molecule has 5 rings (SSSR count). The van der Waals surface area contributed by atoms with Crippen molar-refractivity contribution >= 4 is 11.8 Å². The molecule has 0 saturated heterocycles. The lowest BCUT2D eigenvalue weighted by Gasteiger charge is -2.28. The van der Waals surface area contributed by atoms with Crippen molar-refractivity contribution in [3.05, 3.63) is 84.2 Å². The molecule has 2 aromatic carbocycles. The zero-order valence-electron chi connectivity index (χ0n) is 27.2. The molecular weight excluding hydrogens is 582 g/mol. The van der Waals surface area contributed by atoms with E-state index in [1.807, 2.05) is 59.3 Å². The van der Waals surface area contributed by atoms with Crippen molar-refractivity contribution in [2.45, 2.75) is 84.5 Å². The maximum Gasteiger partial charge on any atom is 0.272 e. The van der Waals surface area contributed by atoms with Crippen LogP contribution >= 0.6 is 0 Å². The van der Waals surface area contributed by atoms with Crippen LogP contribution in [-0.4, -0.2) is 39.7 Å². The van der Waals surface area contributed by atoms with Crippen LogP contribution in [0.4, 0.5) is 0 Å². The average Bonchev–Trinajstić information content (AvgIpc) is 3.74. The molecule has 2 heterocycles. The predicted molar refractivity (Wildman–Crippen MR) is 175 cm³/mol. The second kappa shape index (κ2) is 15.6. The van der Waals surface area contributed by atoms with E-state index in [2.05, 4.69) is 36.4 Å². The zero-order valence-corrected chi connectivity index (χ0v) is 27.2. The molecule has 1 aliphatic carbocycles. The Bertz CT molecular complexity index is 1560. The minimum Gasteiger partial charge on any atom is -0.496 e. The molecule has 0 aliphatic heterocycles. The Balaban J connectivity index is 1.43. The molecule has 2 aromatic heterocycles. The molecule has 1 fully saturated rings. The van der Waals surface area contributed by atoms with Crippen LogP contribution in [0.1, 0.15) is 87.3 Å². The van der Waals surface area contributed by atoms with E-state index in [1.54, 1.807) is 7.11 Å². The molecule has 10 nitrogen and oxygen atoms in total. The second-order valence-electron chi connectivity index (χ2n) is 12.6. The van der Waals surface area contributed by atoms with Crippen LogP contribution in [0, 0.1) is 11.8 Å². The number of oxazole rings is 1. The van der Waals surface area contributed by atoms with Gasteiger partial charge in [-0.1, -0.05) is 57.2 Å². The predicted octanol–water partition coefficient (Wildman–Crippen LogP) is 6.73. The summed E-state index contributed by atoms with van der Waals surface area (Å²) in [5, 5.41) is 10.9. The van der Waals surface area contributed by atoms with Crippen LogP contribution in [0.5, 0.6) is 11.5 Å². The van der Waals surface area contributed by atoms with Crippen molar-refractivity contribution in [2.24, 2.45) is 11.8 Å². The SMILES string of the molecule is COc1cccc(OCc2ccccc2)c1-c1cc(C(=O)N[C@H](CC(=O)NCc2ncco2)CC(C)C)nn1C1CCC(C)CC1. The highest BCUT2D eigenvalue weighted by molar-refractivity contribution is 5.94. The molecular formula is C36H45N5O5. The first-order valence-electron chi connectivity index (χ1n) is 16.2. The fraction of sp³-hybridized carbons (Fsp3) is 0.444. The summed E-state index contributed by atoms with van der Waals surface area (Å²) < 4.78 is 19.4. The number of hydrogen-bond acceptors (Lipinski definition) is 7. The Morgan fingerprint density at radius 1 is 1.04 bits per heavy atom. The summed E-state index contributed by atoms with van der Waals surface area (Å²) in [5.41, 5.74) is 2.87. The van der Waals surface area contributed by atoms with Gasteiger partial charge in [0, 0.05) is 12.5 Å². The molecule has 0 bridgehead atoms. The van der Waals surface area contributed by atoms with Crippen LogP contribution in [0.2, 0.25) is 0 Å². The van der Waals surface area contributed by atoms with Gasteiger partial charge in [-0.15, -0.1) is 0 Å². The minimum absolute atomic E-state index is 0.128. The van der Waals surface area contributed by atoms with Crippen LogP contribution in [0.3, 0.4) is 0 Å². The summed E-state index contributed by atoms with van der Waals surface area (Å²) in [6.45, 7) is 7.00. The maximum atomic E-state index is 13.8. The van der Waals surface area contributed by atoms with Crippen LogP contribution < -0.4 is 20.1 Å². The Labute approximate surface area is 270 Å². The fourth-order valence-corrected chi connectivity index (χ4v) is 6.08. The van der Waals surface area contributed by atoms with Gasteiger partial charge in [-0.05, 0) is 67.7 Å². The normalized spacial score (nSPS) is 17.0. The molecule has 0 unspecified atom stereocenters. The number of hydrogen-bond donors (Lipinski definition) is 2. The van der Waals surface area contributed by atoms with Crippen molar-refractivity contribution in [1.29, 1.82) is 0 Å². The third kappa shape index (κ3) is 8.56. The van der Waals surface area contributed by atoms with Gasteiger partial charge in [0.2, 0.25) is 11.8 Å². The molecule has 46 heavy (non-hydrogen) atoms. The molecule has 4 aromatic rings. The van der Waals surface area contributed by atoms with Gasteiger partial charge in [0.1, 0.15) is 24.4 Å². The fourth-order valence-electron chi connectivity index (χ4n) is 6.08. The number of carbonyl (C=O) groups excluding carboxylic acids is 2. The van der Waals surface area contributed by atoms with E-state index in [9.17, 15) is 9.59 Å². The van der Waals surface area contributed by atoms with E-state index in [4.69, 9.17) is 19.0 Å². The molecule has 10 heteroatoms. The zero-order chi connectivity index (χ0) is 32.5. The van der Waals surface area contributed by atoms with Gasteiger partial charge in [-0.3, -0.25) is 14.3 Å². The topological polar surface area (TPSA) is 121 Å². The average molecular weight is 628 g/mol. The van der Waals surface area contributed by atoms with Crippen LogP contribution in [0.25, 0.3) is 11.3 Å². The van der Waals surface area contributed by atoms with Crippen molar-refractivity contribution in [3.8, 4) is 22.8 Å². The number of nitrogens with one attached hydrogen (secondary N) is 2. The summed E-state index contributed by atoms with van der Waals surface area (Å²) in [7, 11) is 1.64. The molecule has 1 aliphatic rings. The Hall–Kier alpha value is -4.60.